The van der Waals surface area contributed by atoms with Gasteiger partial charge in [-0.2, -0.15) is 0 Å². The third-order valence-electron chi connectivity index (χ3n) is 3.57. The van der Waals surface area contributed by atoms with Crippen LogP contribution in [0.1, 0.15) is 33.1 Å². The minimum Gasteiger partial charge on any atom is -0.355 e. The molecule has 0 aliphatic rings. The maximum Gasteiger partial charge on any atom is 0.237 e. The monoisotopic (exact) mass is 325 g/mol. The molecule has 0 fully saturated rings. The Bertz CT molecular complexity index is 491. The molecule has 0 aromatic heterocycles. The van der Waals surface area contributed by atoms with Crippen molar-refractivity contribution < 1.29 is 9.59 Å². The average molecular weight is 326 g/mol. The first-order chi connectivity index (χ1) is 10.4. The van der Waals surface area contributed by atoms with Gasteiger partial charge in [-0.05, 0) is 36.6 Å². The van der Waals surface area contributed by atoms with Crippen molar-refractivity contribution in [2.24, 2.45) is 11.7 Å². The summed E-state index contributed by atoms with van der Waals surface area (Å²) in [6.07, 6.45) is 1.76. The molecule has 122 valence electrons. The van der Waals surface area contributed by atoms with Crippen LogP contribution in [0, 0.1) is 5.92 Å². The molecule has 1 rings (SSSR count). The molecule has 0 bridgehead atoms. The van der Waals surface area contributed by atoms with Gasteiger partial charge in [0.15, 0.2) is 0 Å². The van der Waals surface area contributed by atoms with E-state index in [-0.39, 0.29) is 17.7 Å². The number of anilines is 1. The molecule has 0 saturated heterocycles. The Morgan fingerprint density at radius 1 is 1.27 bits per heavy atom. The number of hydrogen-bond donors (Lipinski definition) is 3. The van der Waals surface area contributed by atoms with Crippen molar-refractivity contribution in [2.75, 3.05) is 11.9 Å². The quantitative estimate of drug-likeness (QED) is 0.642. The fraction of sp³-hybridized carbons (Fsp3) is 0.500. The molecule has 0 heterocycles. The summed E-state index contributed by atoms with van der Waals surface area (Å²) in [5.74, 6) is -0.108. The third kappa shape index (κ3) is 6.45. The number of carbonyl (C=O) groups is 2. The van der Waals surface area contributed by atoms with Crippen LogP contribution in [0.2, 0.25) is 5.02 Å². The number of halogens is 1. The van der Waals surface area contributed by atoms with Crippen molar-refractivity contribution in [3.8, 4) is 0 Å². The second-order valence-corrected chi connectivity index (χ2v) is 5.80. The molecule has 22 heavy (non-hydrogen) atoms. The van der Waals surface area contributed by atoms with E-state index < -0.39 is 6.04 Å². The average Bonchev–Trinajstić information content (AvgIpc) is 2.52. The molecule has 6 heteroatoms. The fourth-order valence-electron chi connectivity index (χ4n) is 1.85. The van der Waals surface area contributed by atoms with Crippen molar-refractivity contribution in [3.63, 3.8) is 0 Å². The highest BCUT2D eigenvalue weighted by Crippen LogP contribution is 2.13. The van der Waals surface area contributed by atoms with Crippen LogP contribution in [0.25, 0.3) is 0 Å². The second kappa shape index (κ2) is 9.43. The van der Waals surface area contributed by atoms with Gasteiger partial charge in [0.1, 0.15) is 0 Å². The van der Waals surface area contributed by atoms with E-state index in [1.54, 1.807) is 24.3 Å². The van der Waals surface area contributed by atoms with Gasteiger partial charge in [0.25, 0.3) is 0 Å². The van der Waals surface area contributed by atoms with E-state index in [1.807, 2.05) is 13.8 Å². The largest absolute Gasteiger partial charge is 0.355 e. The summed E-state index contributed by atoms with van der Waals surface area (Å²) in [4.78, 5) is 23.5. The number of carbonyl (C=O) groups excluding carboxylic acids is 2. The van der Waals surface area contributed by atoms with E-state index >= 15 is 0 Å². The van der Waals surface area contributed by atoms with Crippen LogP contribution >= 0.6 is 11.6 Å². The van der Waals surface area contributed by atoms with E-state index in [2.05, 4.69) is 10.6 Å². The number of nitrogens with two attached hydrogens (primary N) is 1. The molecule has 0 aliphatic carbocycles. The minimum absolute atomic E-state index is 0.0946. The zero-order valence-corrected chi connectivity index (χ0v) is 13.8. The van der Waals surface area contributed by atoms with Gasteiger partial charge < -0.3 is 16.4 Å². The molecule has 0 radical (unpaired) electrons. The Hall–Kier alpha value is -1.59. The Balaban J connectivity index is 2.22. The summed E-state index contributed by atoms with van der Waals surface area (Å²) < 4.78 is 0. The molecule has 2 unspecified atom stereocenters. The SMILES string of the molecule is CCC(C)C(N)C(=O)NCCCC(=O)Nc1ccc(Cl)cc1. The second-order valence-electron chi connectivity index (χ2n) is 5.36. The third-order valence-corrected chi connectivity index (χ3v) is 3.82. The molecule has 4 N–H and O–H groups in total. The zero-order chi connectivity index (χ0) is 16.5. The van der Waals surface area contributed by atoms with Crippen LogP contribution in [0.4, 0.5) is 5.69 Å². The van der Waals surface area contributed by atoms with Crippen LogP contribution < -0.4 is 16.4 Å². The Morgan fingerprint density at radius 2 is 1.91 bits per heavy atom. The highest BCUT2D eigenvalue weighted by atomic mass is 35.5. The van der Waals surface area contributed by atoms with Gasteiger partial charge >= 0.3 is 0 Å². The molecule has 0 spiro atoms. The first kappa shape index (κ1) is 18.5. The number of amides is 2. The number of benzene rings is 1. The van der Waals surface area contributed by atoms with E-state index in [4.69, 9.17) is 17.3 Å². The predicted molar refractivity (Wildman–Crippen MR) is 89.8 cm³/mol. The highest BCUT2D eigenvalue weighted by Gasteiger charge is 2.18. The minimum atomic E-state index is -0.493. The van der Waals surface area contributed by atoms with Crippen molar-refractivity contribution in [1.29, 1.82) is 0 Å². The Morgan fingerprint density at radius 3 is 2.50 bits per heavy atom. The van der Waals surface area contributed by atoms with E-state index in [1.165, 1.54) is 0 Å². The van der Waals surface area contributed by atoms with Gasteiger partial charge in [-0.1, -0.05) is 31.9 Å². The van der Waals surface area contributed by atoms with Crippen LogP contribution in [-0.2, 0) is 9.59 Å². The molecular formula is C16H24ClN3O2. The van der Waals surface area contributed by atoms with Crippen molar-refractivity contribution >= 4 is 29.1 Å². The molecular weight excluding hydrogens is 302 g/mol. The molecule has 0 saturated carbocycles. The van der Waals surface area contributed by atoms with E-state index in [0.717, 1.165) is 6.42 Å². The Labute approximate surface area is 136 Å². The molecule has 1 aromatic carbocycles. The molecule has 2 atom stereocenters. The first-order valence-electron chi connectivity index (χ1n) is 7.52. The van der Waals surface area contributed by atoms with Gasteiger partial charge in [0.05, 0.1) is 6.04 Å². The normalized spacial score (nSPS) is 13.3. The molecule has 1 aromatic rings. The summed E-state index contributed by atoms with van der Waals surface area (Å²) in [6, 6.07) is 6.43. The number of rotatable bonds is 8. The lowest BCUT2D eigenvalue weighted by Gasteiger charge is -2.17. The van der Waals surface area contributed by atoms with E-state index in [0.29, 0.717) is 30.1 Å². The smallest absolute Gasteiger partial charge is 0.237 e. The maximum absolute atomic E-state index is 11.8. The van der Waals surface area contributed by atoms with Crippen LogP contribution in [0.5, 0.6) is 0 Å². The van der Waals surface area contributed by atoms with Gasteiger partial charge in [0.2, 0.25) is 11.8 Å². The highest BCUT2D eigenvalue weighted by molar-refractivity contribution is 6.30. The maximum atomic E-state index is 11.8. The summed E-state index contributed by atoms with van der Waals surface area (Å²) in [5.41, 5.74) is 6.53. The van der Waals surface area contributed by atoms with Gasteiger partial charge in [0, 0.05) is 23.7 Å². The molecule has 0 aliphatic heterocycles. The van der Waals surface area contributed by atoms with Crippen molar-refractivity contribution in [1.82, 2.24) is 5.32 Å². The fourth-order valence-corrected chi connectivity index (χ4v) is 1.97. The van der Waals surface area contributed by atoms with Crippen molar-refractivity contribution in [2.45, 2.75) is 39.2 Å². The predicted octanol–water partition coefficient (Wildman–Crippen LogP) is 2.55. The Kier molecular flexibility index (Phi) is 7.91. The number of hydrogen-bond acceptors (Lipinski definition) is 3. The zero-order valence-electron chi connectivity index (χ0n) is 13.1. The first-order valence-corrected chi connectivity index (χ1v) is 7.90. The van der Waals surface area contributed by atoms with Gasteiger partial charge in [-0.3, -0.25) is 9.59 Å². The lowest BCUT2D eigenvalue weighted by Crippen LogP contribution is -2.44. The van der Waals surface area contributed by atoms with Gasteiger partial charge in [-0.15, -0.1) is 0 Å². The van der Waals surface area contributed by atoms with E-state index in [9.17, 15) is 9.59 Å². The van der Waals surface area contributed by atoms with Crippen molar-refractivity contribution in [3.05, 3.63) is 29.3 Å². The summed E-state index contributed by atoms with van der Waals surface area (Å²) in [6.45, 7) is 4.39. The lowest BCUT2D eigenvalue weighted by molar-refractivity contribution is -0.123. The lowest BCUT2D eigenvalue weighted by atomic mass is 9.99. The van der Waals surface area contributed by atoms with Crippen LogP contribution in [0.3, 0.4) is 0 Å². The van der Waals surface area contributed by atoms with Crippen LogP contribution in [0.15, 0.2) is 24.3 Å². The topological polar surface area (TPSA) is 84.2 Å². The molecule has 2 amide bonds. The summed E-state index contributed by atoms with van der Waals surface area (Å²) in [5, 5.41) is 6.16. The summed E-state index contributed by atoms with van der Waals surface area (Å²) in [7, 11) is 0. The summed E-state index contributed by atoms with van der Waals surface area (Å²) >= 11 is 5.78. The molecule has 5 nitrogen and oxygen atoms in total. The number of nitrogens with one attached hydrogen (secondary N) is 2. The van der Waals surface area contributed by atoms with Gasteiger partial charge in [-0.25, -0.2) is 0 Å². The van der Waals surface area contributed by atoms with Crippen LogP contribution in [-0.4, -0.2) is 24.4 Å². The standard InChI is InChI=1S/C16H24ClN3O2/c1-3-11(2)15(18)16(22)19-10-4-5-14(21)20-13-8-6-12(17)7-9-13/h6-9,11,15H,3-5,10,18H2,1-2H3,(H,19,22)(H,20,21).